The van der Waals surface area contributed by atoms with E-state index >= 15 is 0 Å². The summed E-state index contributed by atoms with van der Waals surface area (Å²) in [6.45, 7) is 0.763. The number of hydrogen-bond acceptors (Lipinski definition) is 5. The van der Waals surface area contributed by atoms with E-state index in [2.05, 4.69) is 9.97 Å². The molecule has 0 aliphatic rings. The van der Waals surface area contributed by atoms with Gasteiger partial charge in [0, 0.05) is 13.5 Å². The standard InChI is InChI=1S/C18H19N3O3S/c1-21(12-15-19-14-9-11-25-17(14)18(23)20-15)16(22)8-5-10-24-13-6-3-2-4-7-13/h2-4,6-7,9,11H,5,8,10,12H2,1H3,(H,19,20,23). The van der Waals surface area contributed by atoms with E-state index in [0.29, 0.717) is 35.5 Å². The summed E-state index contributed by atoms with van der Waals surface area (Å²) in [4.78, 5) is 32.9. The molecule has 3 rings (SSSR count). The van der Waals surface area contributed by atoms with E-state index in [-0.39, 0.29) is 18.0 Å². The van der Waals surface area contributed by atoms with E-state index in [4.69, 9.17) is 4.74 Å². The molecule has 0 aliphatic carbocycles. The maximum absolute atomic E-state index is 12.2. The smallest absolute Gasteiger partial charge is 0.268 e. The summed E-state index contributed by atoms with van der Waals surface area (Å²) in [7, 11) is 1.71. The Morgan fingerprint density at radius 2 is 2.08 bits per heavy atom. The first-order valence-corrected chi connectivity index (χ1v) is 8.89. The number of para-hydroxylation sites is 1. The molecule has 0 aliphatic heterocycles. The third-order valence-corrected chi connectivity index (χ3v) is 4.63. The number of aromatic nitrogens is 2. The van der Waals surface area contributed by atoms with E-state index in [1.165, 1.54) is 11.3 Å². The summed E-state index contributed by atoms with van der Waals surface area (Å²) in [5, 5.41) is 1.83. The molecule has 0 spiro atoms. The Bertz CT molecular complexity index is 905. The minimum atomic E-state index is -0.160. The van der Waals surface area contributed by atoms with Crippen LogP contribution in [-0.2, 0) is 11.3 Å². The summed E-state index contributed by atoms with van der Waals surface area (Å²) < 4.78 is 6.19. The van der Waals surface area contributed by atoms with Gasteiger partial charge in [-0.05, 0) is 30.0 Å². The molecule has 7 heteroatoms. The Morgan fingerprint density at radius 3 is 2.88 bits per heavy atom. The van der Waals surface area contributed by atoms with Gasteiger partial charge in [0.05, 0.1) is 18.7 Å². The summed E-state index contributed by atoms with van der Waals surface area (Å²) in [5.41, 5.74) is 0.507. The van der Waals surface area contributed by atoms with Crippen molar-refractivity contribution in [2.75, 3.05) is 13.7 Å². The fourth-order valence-electron chi connectivity index (χ4n) is 2.43. The average molecular weight is 357 g/mol. The Morgan fingerprint density at radius 1 is 1.28 bits per heavy atom. The van der Waals surface area contributed by atoms with Crippen molar-refractivity contribution in [1.29, 1.82) is 0 Å². The number of amides is 1. The Kier molecular flexibility index (Phi) is 5.45. The van der Waals surface area contributed by atoms with Crippen LogP contribution in [0.5, 0.6) is 5.75 Å². The van der Waals surface area contributed by atoms with Crippen molar-refractivity contribution in [3.8, 4) is 5.75 Å². The lowest BCUT2D eigenvalue weighted by Crippen LogP contribution is -2.28. The van der Waals surface area contributed by atoms with Crippen molar-refractivity contribution < 1.29 is 9.53 Å². The number of ether oxygens (including phenoxy) is 1. The van der Waals surface area contributed by atoms with Gasteiger partial charge in [-0.1, -0.05) is 18.2 Å². The maximum Gasteiger partial charge on any atom is 0.268 e. The zero-order chi connectivity index (χ0) is 17.6. The van der Waals surface area contributed by atoms with Gasteiger partial charge in [-0.25, -0.2) is 4.98 Å². The van der Waals surface area contributed by atoms with Crippen molar-refractivity contribution >= 4 is 27.5 Å². The highest BCUT2D eigenvalue weighted by Gasteiger charge is 2.12. The van der Waals surface area contributed by atoms with Gasteiger partial charge in [0.1, 0.15) is 16.3 Å². The normalized spacial score (nSPS) is 10.8. The molecule has 2 heterocycles. The number of nitrogens with one attached hydrogen (secondary N) is 1. The topological polar surface area (TPSA) is 75.3 Å². The van der Waals surface area contributed by atoms with E-state index < -0.39 is 0 Å². The zero-order valence-corrected chi connectivity index (χ0v) is 14.7. The van der Waals surface area contributed by atoms with Crippen LogP contribution in [0.3, 0.4) is 0 Å². The molecule has 0 bridgehead atoms. The molecule has 25 heavy (non-hydrogen) atoms. The van der Waals surface area contributed by atoms with E-state index in [0.717, 1.165) is 5.75 Å². The van der Waals surface area contributed by atoms with Crippen molar-refractivity contribution in [1.82, 2.24) is 14.9 Å². The molecule has 1 aromatic carbocycles. The number of benzene rings is 1. The molecule has 6 nitrogen and oxygen atoms in total. The number of aromatic amines is 1. The first kappa shape index (κ1) is 17.2. The Balaban J connectivity index is 1.49. The number of hydrogen-bond donors (Lipinski definition) is 1. The molecule has 1 amide bonds. The number of nitrogens with zero attached hydrogens (tertiary/aromatic N) is 2. The number of carbonyl (C=O) groups excluding carboxylic acids is 1. The summed E-state index contributed by atoms with van der Waals surface area (Å²) >= 11 is 1.36. The second-order valence-electron chi connectivity index (χ2n) is 5.66. The SMILES string of the molecule is CN(Cc1nc2ccsc2c(=O)[nH]1)C(=O)CCCOc1ccccc1. The number of thiophene rings is 1. The first-order valence-electron chi connectivity index (χ1n) is 8.01. The highest BCUT2D eigenvalue weighted by molar-refractivity contribution is 7.17. The minimum Gasteiger partial charge on any atom is -0.494 e. The number of carbonyl (C=O) groups is 1. The third kappa shape index (κ3) is 4.45. The maximum atomic E-state index is 12.2. The van der Waals surface area contributed by atoms with Gasteiger partial charge in [-0.3, -0.25) is 9.59 Å². The van der Waals surface area contributed by atoms with Crippen LogP contribution in [0.2, 0.25) is 0 Å². The van der Waals surface area contributed by atoms with Gasteiger partial charge in [-0.2, -0.15) is 0 Å². The van der Waals surface area contributed by atoms with Crippen molar-refractivity contribution in [3.63, 3.8) is 0 Å². The molecule has 2 aromatic heterocycles. The van der Waals surface area contributed by atoms with Crippen molar-refractivity contribution in [3.05, 3.63) is 58.0 Å². The van der Waals surface area contributed by atoms with Crippen LogP contribution in [0.15, 0.2) is 46.6 Å². The predicted octanol–water partition coefficient (Wildman–Crippen LogP) is 2.80. The molecule has 3 aromatic rings. The van der Waals surface area contributed by atoms with Gasteiger partial charge >= 0.3 is 0 Å². The molecule has 0 atom stereocenters. The molecule has 130 valence electrons. The van der Waals surface area contributed by atoms with Crippen LogP contribution in [0.1, 0.15) is 18.7 Å². The van der Waals surface area contributed by atoms with Gasteiger partial charge in [0.15, 0.2) is 0 Å². The molecule has 0 fully saturated rings. The van der Waals surface area contributed by atoms with Crippen LogP contribution >= 0.6 is 11.3 Å². The number of fused-ring (bicyclic) bond motifs is 1. The second kappa shape index (κ2) is 7.94. The molecule has 0 radical (unpaired) electrons. The predicted molar refractivity (Wildman–Crippen MR) is 97.9 cm³/mol. The minimum absolute atomic E-state index is 0.00951. The largest absolute Gasteiger partial charge is 0.494 e. The molecule has 1 N–H and O–H groups in total. The Labute approximate surface area is 149 Å². The lowest BCUT2D eigenvalue weighted by Gasteiger charge is -2.16. The second-order valence-corrected chi connectivity index (χ2v) is 6.58. The first-order chi connectivity index (χ1) is 12.1. The number of rotatable bonds is 7. The van der Waals surface area contributed by atoms with Gasteiger partial charge in [0.25, 0.3) is 5.56 Å². The van der Waals surface area contributed by atoms with Gasteiger partial charge in [-0.15, -0.1) is 11.3 Å². The van der Waals surface area contributed by atoms with Crippen LogP contribution in [-0.4, -0.2) is 34.4 Å². The lowest BCUT2D eigenvalue weighted by molar-refractivity contribution is -0.130. The monoisotopic (exact) mass is 357 g/mol. The summed E-state index contributed by atoms with van der Waals surface area (Å²) in [5.74, 6) is 1.28. The van der Waals surface area contributed by atoms with Crippen molar-refractivity contribution in [2.24, 2.45) is 0 Å². The molecular weight excluding hydrogens is 338 g/mol. The number of H-pyrrole nitrogens is 1. The molecule has 0 saturated carbocycles. The zero-order valence-electron chi connectivity index (χ0n) is 13.9. The summed E-state index contributed by atoms with van der Waals surface area (Å²) in [6, 6.07) is 11.3. The molecular formula is C18H19N3O3S. The van der Waals surface area contributed by atoms with Crippen molar-refractivity contribution in [2.45, 2.75) is 19.4 Å². The lowest BCUT2D eigenvalue weighted by atomic mass is 10.3. The van der Waals surface area contributed by atoms with E-state index in [1.54, 1.807) is 11.9 Å². The van der Waals surface area contributed by atoms with E-state index in [1.807, 2.05) is 41.8 Å². The fraction of sp³-hybridized carbons (Fsp3) is 0.278. The highest BCUT2D eigenvalue weighted by atomic mass is 32.1. The van der Waals surface area contributed by atoms with E-state index in [9.17, 15) is 9.59 Å². The van der Waals surface area contributed by atoms with Gasteiger partial charge < -0.3 is 14.6 Å². The Hall–Kier alpha value is -2.67. The average Bonchev–Trinajstić information content (AvgIpc) is 3.08. The van der Waals surface area contributed by atoms with Crippen LogP contribution in [0.4, 0.5) is 0 Å². The summed E-state index contributed by atoms with van der Waals surface area (Å²) in [6.07, 6.45) is 1.01. The third-order valence-electron chi connectivity index (χ3n) is 3.72. The van der Waals surface area contributed by atoms with Crippen LogP contribution in [0, 0.1) is 0 Å². The van der Waals surface area contributed by atoms with Gasteiger partial charge in [0.2, 0.25) is 5.91 Å². The fourth-order valence-corrected chi connectivity index (χ4v) is 3.16. The molecule has 0 saturated heterocycles. The van der Waals surface area contributed by atoms with Crippen LogP contribution in [0.25, 0.3) is 10.2 Å². The quantitative estimate of drug-likeness (QED) is 0.660. The molecule has 0 unspecified atom stereocenters. The van der Waals surface area contributed by atoms with Crippen LogP contribution < -0.4 is 10.3 Å². The highest BCUT2D eigenvalue weighted by Crippen LogP contribution is 2.14.